The van der Waals surface area contributed by atoms with Gasteiger partial charge >= 0.3 is 0 Å². The zero-order chi connectivity index (χ0) is 18.2. The van der Waals surface area contributed by atoms with Gasteiger partial charge in [-0.2, -0.15) is 23.5 Å². The lowest BCUT2D eigenvalue weighted by Gasteiger charge is -2.71. The van der Waals surface area contributed by atoms with Gasteiger partial charge < -0.3 is 0 Å². The summed E-state index contributed by atoms with van der Waals surface area (Å²) in [5, 5.41) is 3.84. The fraction of sp³-hybridized carbons (Fsp3) is 1.00. The molecule has 0 N–H and O–H groups in total. The Morgan fingerprint density at radius 1 is 0.393 bits per heavy atom. The maximum absolute atomic E-state index is 3.27. The van der Waals surface area contributed by atoms with Crippen LogP contribution in [0.2, 0.25) is 0 Å². The van der Waals surface area contributed by atoms with Crippen molar-refractivity contribution >= 4 is 23.5 Å². The highest BCUT2D eigenvalue weighted by molar-refractivity contribution is 8.01. The number of rotatable bonds is 0. The van der Waals surface area contributed by atoms with Crippen LogP contribution in [0.25, 0.3) is 0 Å². The summed E-state index contributed by atoms with van der Waals surface area (Å²) in [4.78, 5) is 6.54. The molecule has 156 valence electrons. The summed E-state index contributed by atoms with van der Waals surface area (Å²) in [5.41, 5.74) is 0. The third-order valence-electron chi connectivity index (χ3n) is 9.80. The summed E-state index contributed by atoms with van der Waals surface area (Å²) in [6.45, 7) is 0. The molecule has 0 amide bonds. The van der Waals surface area contributed by atoms with E-state index in [4.69, 9.17) is 0 Å². The molecule has 0 aromatic rings. The predicted molar refractivity (Wildman–Crippen MR) is 121 cm³/mol. The third kappa shape index (κ3) is 2.56. The van der Waals surface area contributed by atoms with Gasteiger partial charge in [-0.25, -0.2) is 0 Å². The minimum Gasteiger partial charge on any atom is -0.289 e. The summed E-state index contributed by atoms with van der Waals surface area (Å²) < 4.78 is 0. The summed E-state index contributed by atoms with van der Waals surface area (Å²) in [6, 6.07) is 5.48. The molecule has 4 saturated carbocycles. The van der Waals surface area contributed by atoms with E-state index < -0.39 is 0 Å². The van der Waals surface area contributed by atoms with Crippen molar-refractivity contribution < 1.29 is 0 Å². The molecule has 28 heavy (non-hydrogen) atoms. The van der Waals surface area contributed by atoms with Crippen LogP contribution in [0.15, 0.2) is 0 Å². The Morgan fingerprint density at radius 2 is 0.786 bits per heavy atom. The Kier molecular flexibility index (Phi) is 4.60. The van der Waals surface area contributed by atoms with E-state index >= 15 is 0 Å². The van der Waals surface area contributed by atoms with Crippen LogP contribution in [-0.4, -0.2) is 67.1 Å². The molecule has 4 aliphatic carbocycles. The molecular formula is C24H38N2S2. The zero-order valence-electron chi connectivity index (χ0n) is 17.4. The SMILES string of the molecule is C1CCC2C(C1)SC1CCC3SC4CCCCC4N4C5CCCCC5N2C1C34. The number of hydrogen-bond donors (Lipinski definition) is 0. The van der Waals surface area contributed by atoms with Crippen molar-refractivity contribution in [2.45, 2.75) is 147 Å². The van der Waals surface area contributed by atoms with E-state index in [-0.39, 0.29) is 0 Å². The van der Waals surface area contributed by atoms with Crippen LogP contribution < -0.4 is 0 Å². The van der Waals surface area contributed by atoms with E-state index in [9.17, 15) is 0 Å². The largest absolute Gasteiger partial charge is 0.289 e. The second-order valence-corrected chi connectivity index (χ2v) is 14.0. The van der Waals surface area contributed by atoms with Crippen LogP contribution in [0.1, 0.15) is 89.9 Å². The third-order valence-corrected chi connectivity index (χ3v) is 13.3. The highest BCUT2D eigenvalue weighted by atomic mass is 32.2. The monoisotopic (exact) mass is 418 g/mol. The molecule has 3 aliphatic heterocycles. The van der Waals surface area contributed by atoms with Crippen LogP contribution in [-0.2, 0) is 0 Å². The molecule has 3 heterocycles. The lowest BCUT2D eigenvalue weighted by molar-refractivity contribution is -0.137. The number of fused-ring (bicyclic) bond motifs is 7. The molecule has 7 rings (SSSR count). The Morgan fingerprint density at radius 3 is 1.25 bits per heavy atom. The second-order valence-electron chi connectivity index (χ2n) is 11.0. The molecule has 10 atom stereocenters. The van der Waals surface area contributed by atoms with Gasteiger partial charge in [-0.3, -0.25) is 9.80 Å². The first-order valence-corrected chi connectivity index (χ1v) is 14.6. The fourth-order valence-corrected chi connectivity index (χ4v) is 12.8. The lowest BCUT2D eigenvalue weighted by Crippen LogP contribution is -2.81. The van der Waals surface area contributed by atoms with Crippen molar-refractivity contribution in [2.75, 3.05) is 0 Å². The van der Waals surface area contributed by atoms with Crippen molar-refractivity contribution in [1.29, 1.82) is 0 Å². The van der Waals surface area contributed by atoms with E-state index in [1.807, 2.05) is 0 Å². The summed E-state index contributed by atoms with van der Waals surface area (Å²) in [5.74, 6) is 0. The van der Waals surface area contributed by atoms with Crippen molar-refractivity contribution in [1.82, 2.24) is 9.80 Å². The van der Waals surface area contributed by atoms with Gasteiger partial charge in [0.25, 0.3) is 0 Å². The molecule has 0 bridgehead atoms. The van der Waals surface area contributed by atoms with Gasteiger partial charge in [-0.1, -0.05) is 38.5 Å². The number of thioether (sulfide) groups is 2. The lowest BCUT2D eigenvalue weighted by atomic mass is 9.72. The maximum Gasteiger partial charge on any atom is 0.0388 e. The molecule has 0 radical (unpaired) electrons. The van der Waals surface area contributed by atoms with Crippen LogP contribution in [0.5, 0.6) is 0 Å². The van der Waals surface area contributed by atoms with Crippen LogP contribution >= 0.6 is 23.5 Å². The van der Waals surface area contributed by atoms with Gasteiger partial charge in [-0.15, -0.1) is 0 Å². The molecule has 0 spiro atoms. The Labute approximate surface area is 180 Å². The number of nitrogens with zero attached hydrogens (tertiary/aromatic N) is 2. The average Bonchev–Trinajstić information content (AvgIpc) is 2.76. The molecule has 0 aromatic heterocycles. The first-order valence-electron chi connectivity index (χ1n) is 12.8. The Bertz CT molecular complexity index is 561. The summed E-state index contributed by atoms with van der Waals surface area (Å²) >= 11 is 4.97. The van der Waals surface area contributed by atoms with E-state index in [1.54, 1.807) is 0 Å². The number of hydrogen-bond acceptors (Lipinski definition) is 4. The van der Waals surface area contributed by atoms with E-state index in [0.29, 0.717) is 0 Å². The molecule has 3 saturated heterocycles. The molecule has 4 heteroatoms. The van der Waals surface area contributed by atoms with Crippen LogP contribution in [0, 0.1) is 0 Å². The maximum atomic E-state index is 3.27. The van der Waals surface area contributed by atoms with Crippen molar-refractivity contribution in [3.8, 4) is 0 Å². The van der Waals surface area contributed by atoms with Crippen molar-refractivity contribution in [3.05, 3.63) is 0 Å². The number of piperazine rings is 1. The van der Waals surface area contributed by atoms with Crippen molar-refractivity contribution in [2.24, 2.45) is 0 Å². The van der Waals surface area contributed by atoms with E-state index in [0.717, 1.165) is 57.3 Å². The van der Waals surface area contributed by atoms with Gasteiger partial charge in [0.1, 0.15) is 0 Å². The van der Waals surface area contributed by atoms with Crippen molar-refractivity contribution in [3.63, 3.8) is 0 Å². The van der Waals surface area contributed by atoms with Gasteiger partial charge in [0, 0.05) is 57.3 Å². The van der Waals surface area contributed by atoms with E-state index in [2.05, 4.69) is 33.3 Å². The van der Waals surface area contributed by atoms with Gasteiger partial charge in [0.15, 0.2) is 0 Å². The Hall–Kier alpha value is 0.620. The van der Waals surface area contributed by atoms with Crippen LogP contribution in [0.3, 0.4) is 0 Å². The summed E-state index contributed by atoms with van der Waals surface area (Å²) in [6.07, 6.45) is 21.2. The highest BCUT2D eigenvalue weighted by Crippen LogP contribution is 2.58. The molecule has 10 unspecified atom stereocenters. The molecular weight excluding hydrogens is 380 g/mol. The second kappa shape index (κ2) is 7.07. The molecule has 2 nitrogen and oxygen atoms in total. The van der Waals surface area contributed by atoms with Gasteiger partial charge in [0.2, 0.25) is 0 Å². The predicted octanol–water partition coefficient (Wildman–Crippen LogP) is 5.30. The zero-order valence-corrected chi connectivity index (χ0v) is 19.0. The first kappa shape index (κ1) is 18.2. The standard InChI is InChI=1S/C24H38N2S2/c1-2-8-16-15(7-1)25-17-9-3-5-11-19(17)27-21-13-14-22-24(23(21)25)26(16)18-10-4-6-12-20(18)28-22/h15-24H,1-14H2. The topological polar surface area (TPSA) is 6.48 Å². The molecule has 7 fully saturated rings. The van der Waals surface area contributed by atoms with Gasteiger partial charge in [-0.05, 0) is 51.4 Å². The highest BCUT2D eigenvalue weighted by Gasteiger charge is 2.63. The normalized spacial score (nSPS) is 56.1. The van der Waals surface area contributed by atoms with E-state index in [1.165, 1.54) is 89.9 Å². The Balaban J connectivity index is 1.32. The van der Waals surface area contributed by atoms with Gasteiger partial charge in [0.05, 0.1) is 0 Å². The molecule has 7 aliphatic rings. The molecule has 0 aromatic carbocycles. The quantitative estimate of drug-likeness (QED) is 0.526. The summed E-state index contributed by atoms with van der Waals surface area (Å²) in [7, 11) is 0. The minimum absolute atomic E-state index is 0.901. The minimum atomic E-state index is 0.901. The first-order chi connectivity index (χ1) is 13.9. The fourth-order valence-electron chi connectivity index (χ4n) is 8.91. The smallest absolute Gasteiger partial charge is 0.0388 e. The average molecular weight is 419 g/mol. The van der Waals surface area contributed by atoms with Crippen LogP contribution in [0.4, 0.5) is 0 Å².